The van der Waals surface area contributed by atoms with E-state index in [1.807, 2.05) is 24.3 Å². The summed E-state index contributed by atoms with van der Waals surface area (Å²) in [4.78, 5) is 0. The smallest absolute Gasteiger partial charge is 0.122 e. The first-order valence-electron chi connectivity index (χ1n) is 7.27. The molecule has 0 saturated carbocycles. The Bertz CT molecular complexity index is 569. The van der Waals surface area contributed by atoms with Crippen LogP contribution in [0, 0.1) is 6.92 Å². The van der Waals surface area contributed by atoms with Crippen LogP contribution in [0.25, 0.3) is 0 Å². The minimum atomic E-state index is 0.330. The van der Waals surface area contributed by atoms with Crippen molar-refractivity contribution in [2.24, 2.45) is 5.73 Å². The molecule has 3 heteroatoms. The molecular formula is C18H23NO2. The molecule has 0 bridgehead atoms. The standard InChI is InChI=1S/C18H23NO2/c1-14-6-3-4-9-18(14)15(13-19)10-11-21-17-8-5-7-16(12-17)20-2/h3-9,12,15H,10-11,13,19H2,1-2H3. The lowest BCUT2D eigenvalue weighted by Crippen LogP contribution is -2.16. The monoisotopic (exact) mass is 285 g/mol. The maximum Gasteiger partial charge on any atom is 0.122 e. The minimum absolute atomic E-state index is 0.330. The molecule has 1 atom stereocenters. The van der Waals surface area contributed by atoms with Crippen LogP contribution in [0.5, 0.6) is 11.5 Å². The molecule has 0 heterocycles. The molecular weight excluding hydrogens is 262 g/mol. The van der Waals surface area contributed by atoms with Crippen molar-refractivity contribution in [2.75, 3.05) is 20.3 Å². The van der Waals surface area contributed by atoms with Crippen molar-refractivity contribution >= 4 is 0 Å². The Hall–Kier alpha value is -2.00. The molecule has 0 amide bonds. The van der Waals surface area contributed by atoms with E-state index in [-0.39, 0.29) is 0 Å². The first-order valence-corrected chi connectivity index (χ1v) is 7.27. The minimum Gasteiger partial charge on any atom is -0.497 e. The van der Waals surface area contributed by atoms with Crippen LogP contribution in [-0.2, 0) is 0 Å². The van der Waals surface area contributed by atoms with Gasteiger partial charge in [0.05, 0.1) is 13.7 Å². The second kappa shape index (κ2) is 7.70. The molecule has 0 spiro atoms. The zero-order chi connectivity index (χ0) is 15.1. The molecule has 0 saturated heterocycles. The number of hydrogen-bond donors (Lipinski definition) is 1. The van der Waals surface area contributed by atoms with E-state index in [2.05, 4.69) is 31.2 Å². The second-order valence-electron chi connectivity index (χ2n) is 5.11. The predicted octanol–water partition coefficient (Wildman–Crippen LogP) is 3.52. The van der Waals surface area contributed by atoms with E-state index < -0.39 is 0 Å². The highest BCUT2D eigenvalue weighted by Crippen LogP contribution is 2.23. The quantitative estimate of drug-likeness (QED) is 0.846. The molecule has 3 nitrogen and oxygen atoms in total. The Morgan fingerprint density at radius 3 is 2.52 bits per heavy atom. The SMILES string of the molecule is COc1cccc(OCCC(CN)c2ccccc2C)c1. The molecule has 0 radical (unpaired) electrons. The van der Waals surface area contributed by atoms with E-state index in [0.29, 0.717) is 19.1 Å². The van der Waals surface area contributed by atoms with Crippen LogP contribution in [0.15, 0.2) is 48.5 Å². The molecule has 2 aromatic rings. The molecule has 21 heavy (non-hydrogen) atoms. The molecule has 0 aliphatic rings. The lowest BCUT2D eigenvalue weighted by atomic mass is 9.92. The van der Waals surface area contributed by atoms with Crippen molar-refractivity contribution in [1.29, 1.82) is 0 Å². The Kier molecular flexibility index (Phi) is 5.64. The predicted molar refractivity (Wildman–Crippen MR) is 86.1 cm³/mol. The first kappa shape index (κ1) is 15.4. The number of ether oxygens (including phenoxy) is 2. The van der Waals surface area contributed by atoms with Gasteiger partial charge < -0.3 is 15.2 Å². The van der Waals surface area contributed by atoms with Gasteiger partial charge in [-0.2, -0.15) is 0 Å². The highest BCUT2D eigenvalue weighted by molar-refractivity contribution is 5.33. The number of rotatable bonds is 7. The van der Waals surface area contributed by atoms with Crippen molar-refractivity contribution in [3.05, 3.63) is 59.7 Å². The largest absolute Gasteiger partial charge is 0.497 e. The van der Waals surface area contributed by atoms with E-state index in [1.54, 1.807) is 7.11 Å². The van der Waals surface area contributed by atoms with E-state index >= 15 is 0 Å². The summed E-state index contributed by atoms with van der Waals surface area (Å²) in [6, 6.07) is 16.1. The third-order valence-corrected chi connectivity index (χ3v) is 3.69. The maximum atomic E-state index is 5.92. The van der Waals surface area contributed by atoms with Crippen molar-refractivity contribution in [2.45, 2.75) is 19.3 Å². The third-order valence-electron chi connectivity index (χ3n) is 3.69. The lowest BCUT2D eigenvalue weighted by Gasteiger charge is -2.18. The zero-order valence-electron chi connectivity index (χ0n) is 12.7. The summed E-state index contributed by atoms with van der Waals surface area (Å²) in [5.41, 5.74) is 8.52. The van der Waals surface area contributed by atoms with Gasteiger partial charge in [0.25, 0.3) is 0 Å². The number of hydrogen-bond acceptors (Lipinski definition) is 3. The van der Waals surface area contributed by atoms with E-state index in [9.17, 15) is 0 Å². The molecule has 1 unspecified atom stereocenters. The van der Waals surface area contributed by atoms with Crippen molar-refractivity contribution in [1.82, 2.24) is 0 Å². The van der Waals surface area contributed by atoms with Crippen molar-refractivity contribution in [3.63, 3.8) is 0 Å². The molecule has 0 aliphatic carbocycles. The van der Waals surface area contributed by atoms with Gasteiger partial charge in [-0.3, -0.25) is 0 Å². The lowest BCUT2D eigenvalue weighted by molar-refractivity contribution is 0.296. The summed E-state index contributed by atoms with van der Waals surface area (Å²) in [6.45, 7) is 3.40. The maximum absolute atomic E-state index is 5.92. The fraction of sp³-hybridized carbons (Fsp3) is 0.333. The molecule has 2 rings (SSSR count). The Labute approximate surface area is 126 Å². The van der Waals surface area contributed by atoms with Crippen LogP contribution in [-0.4, -0.2) is 20.3 Å². The first-order chi connectivity index (χ1) is 10.2. The topological polar surface area (TPSA) is 44.5 Å². The van der Waals surface area contributed by atoms with Gasteiger partial charge in [0.1, 0.15) is 11.5 Å². The second-order valence-corrected chi connectivity index (χ2v) is 5.11. The number of benzene rings is 2. The summed E-state index contributed by atoms with van der Waals surface area (Å²) in [5, 5.41) is 0. The fourth-order valence-corrected chi connectivity index (χ4v) is 2.46. The third kappa shape index (κ3) is 4.23. The van der Waals surface area contributed by atoms with Crippen LogP contribution in [0.4, 0.5) is 0 Å². The molecule has 0 fully saturated rings. The van der Waals surface area contributed by atoms with Gasteiger partial charge in [0.15, 0.2) is 0 Å². The average molecular weight is 285 g/mol. The van der Waals surface area contributed by atoms with Gasteiger partial charge in [-0.25, -0.2) is 0 Å². The molecule has 2 aromatic carbocycles. The van der Waals surface area contributed by atoms with Crippen molar-refractivity contribution < 1.29 is 9.47 Å². The average Bonchev–Trinajstić information content (AvgIpc) is 2.53. The van der Waals surface area contributed by atoms with Gasteiger partial charge in [0, 0.05) is 6.07 Å². The Balaban J connectivity index is 1.93. The highest BCUT2D eigenvalue weighted by Gasteiger charge is 2.12. The van der Waals surface area contributed by atoms with Gasteiger partial charge in [0.2, 0.25) is 0 Å². The zero-order valence-corrected chi connectivity index (χ0v) is 12.7. The number of methoxy groups -OCH3 is 1. The van der Waals surface area contributed by atoms with E-state index in [1.165, 1.54) is 11.1 Å². The molecule has 112 valence electrons. The van der Waals surface area contributed by atoms with Gasteiger partial charge in [-0.1, -0.05) is 30.3 Å². The van der Waals surface area contributed by atoms with Crippen LogP contribution in [0.1, 0.15) is 23.5 Å². The molecule has 2 N–H and O–H groups in total. The summed E-state index contributed by atoms with van der Waals surface area (Å²) >= 11 is 0. The summed E-state index contributed by atoms with van der Waals surface area (Å²) in [6.07, 6.45) is 0.901. The Morgan fingerprint density at radius 1 is 1.05 bits per heavy atom. The van der Waals surface area contributed by atoms with Crippen LogP contribution in [0.3, 0.4) is 0 Å². The molecule has 0 aromatic heterocycles. The summed E-state index contributed by atoms with van der Waals surface area (Å²) in [7, 11) is 1.65. The van der Waals surface area contributed by atoms with Crippen LogP contribution < -0.4 is 15.2 Å². The number of nitrogens with two attached hydrogens (primary N) is 1. The van der Waals surface area contributed by atoms with Crippen LogP contribution in [0.2, 0.25) is 0 Å². The number of aryl methyl sites for hydroxylation is 1. The fourth-order valence-electron chi connectivity index (χ4n) is 2.46. The Morgan fingerprint density at radius 2 is 1.81 bits per heavy atom. The van der Waals surface area contributed by atoms with Crippen molar-refractivity contribution in [3.8, 4) is 11.5 Å². The molecule has 0 aliphatic heterocycles. The normalized spacial score (nSPS) is 12.0. The van der Waals surface area contributed by atoms with Gasteiger partial charge >= 0.3 is 0 Å². The van der Waals surface area contributed by atoms with E-state index in [4.69, 9.17) is 15.2 Å². The van der Waals surface area contributed by atoms with E-state index in [0.717, 1.165) is 17.9 Å². The van der Waals surface area contributed by atoms with Gasteiger partial charge in [-0.05, 0) is 49.1 Å². The summed E-state index contributed by atoms with van der Waals surface area (Å²) < 4.78 is 11.0. The van der Waals surface area contributed by atoms with Gasteiger partial charge in [-0.15, -0.1) is 0 Å². The van der Waals surface area contributed by atoms with Crippen LogP contribution >= 0.6 is 0 Å². The highest BCUT2D eigenvalue weighted by atomic mass is 16.5. The summed E-state index contributed by atoms with van der Waals surface area (Å²) in [5.74, 6) is 1.97.